The molecular weight excluding hydrogens is 678 g/mol. The molecule has 2 heterocycles. The van der Waals surface area contributed by atoms with Gasteiger partial charge in [0.25, 0.3) is 0 Å². The summed E-state index contributed by atoms with van der Waals surface area (Å²) < 4.78 is 5.90. The van der Waals surface area contributed by atoms with E-state index >= 15 is 0 Å². The van der Waals surface area contributed by atoms with Crippen LogP contribution in [0.4, 0.5) is 4.79 Å². The SMILES string of the molecule is C=N/C(=C(CCCCCC)\C(C)=C(/C)Br)c1ccc(C2=CNC(C3CCCN3C(=O)C(NC(=O)OC)C(C)C)N2)c2ccccc12.CCC. The molecule has 8 nitrogen and oxygen atoms in total. The maximum Gasteiger partial charge on any atom is 0.407 e. The molecule has 2 aliphatic rings. The maximum absolute atomic E-state index is 13.7. The van der Waals surface area contributed by atoms with Gasteiger partial charge in [-0.15, -0.1) is 0 Å². The molecular formula is C40H58BrN5O3. The highest BCUT2D eigenvalue weighted by Crippen LogP contribution is 2.37. The fourth-order valence-corrected chi connectivity index (χ4v) is 6.82. The van der Waals surface area contributed by atoms with Gasteiger partial charge in [-0.2, -0.15) is 0 Å². The van der Waals surface area contributed by atoms with Crippen molar-refractivity contribution in [3.63, 3.8) is 0 Å². The fraction of sp³-hybridized carbons (Fsp3) is 0.525. The minimum atomic E-state index is -0.651. The smallest absolute Gasteiger partial charge is 0.407 e. The van der Waals surface area contributed by atoms with Crippen LogP contribution < -0.4 is 16.0 Å². The third-order valence-electron chi connectivity index (χ3n) is 9.24. The molecule has 2 aromatic rings. The van der Waals surface area contributed by atoms with E-state index in [0.717, 1.165) is 63.5 Å². The van der Waals surface area contributed by atoms with Gasteiger partial charge in [0.2, 0.25) is 5.91 Å². The van der Waals surface area contributed by atoms with Crippen LogP contribution in [0.5, 0.6) is 0 Å². The van der Waals surface area contributed by atoms with E-state index < -0.39 is 12.1 Å². The number of alkyl carbamates (subject to hydrolysis) is 1. The Labute approximate surface area is 303 Å². The van der Waals surface area contributed by atoms with Gasteiger partial charge in [0.05, 0.1) is 24.5 Å². The number of ether oxygens (including phenoxy) is 1. The van der Waals surface area contributed by atoms with Crippen molar-refractivity contribution in [2.45, 2.75) is 118 Å². The number of unbranched alkanes of at least 4 members (excludes halogenated alkanes) is 3. The Bertz CT molecular complexity index is 1540. The first-order chi connectivity index (χ1) is 23.5. The first kappa shape index (κ1) is 39.8. The van der Waals surface area contributed by atoms with Crippen molar-refractivity contribution in [1.82, 2.24) is 20.9 Å². The number of likely N-dealkylation sites (tertiary alicyclic amines) is 1. The average molecular weight is 737 g/mol. The number of rotatable bonds is 13. The Morgan fingerprint density at radius 2 is 1.78 bits per heavy atom. The molecule has 0 bridgehead atoms. The van der Waals surface area contributed by atoms with Crippen LogP contribution in [0.2, 0.25) is 0 Å². The molecule has 0 saturated carbocycles. The van der Waals surface area contributed by atoms with Crippen LogP contribution >= 0.6 is 15.9 Å². The molecule has 1 fully saturated rings. The second-order valence-electron chi connectivity index (χ2n) is 13.3. The largest absolute Gasteiger partial charge is 0.453 e. The Morgan fingerprint density at radius 3 is 2.39 bits per heavy atom. The summed E-state index contributed by atoms with van der Waals surface area (Å²) in [5.74, 6) is -0.158. The Morgan fingerprint density at radius 1 is 1.08 bits per heavy atom. The standard InChI is InChI=1S/C37H50BrN5O3.C3H8/c1-8-9-10-11-15-26(24(4)25(5)38)34(39-6)30-20-19-29(27-16-12-13-17-28(27)30)31-22-40-35(41-31)32-18-14-21-43(32)36(44)33(23(2)3)42-37(45)46-7;1-3-2/h12-13,16-17,19-20,22-23,32-33,35,40-41H,6,8-11,14-15,18,21H2,1-5,7H3,(H,42,45);3H2,1-2H3/b25-24+,34-26-;. The summed E-state index contributed by atoms with van der Waals surface area (Å²) in [7, 11) is 1.31. The molecule has 0 radical (unpaired) electrons. The van der Waals surface area contributed by atoms with Gasteiger partial charge < -0.3 is 25.6 Å². The summed E-state index contributed by atoms with van der Waals surface area (Å²) in [6.45, 7) is 19.3. The third-order valence-corrected chi connectivity index (χ3v) is 9.83. The number of hydrogen-bond acceptors (Lipinski definition) is 6. The second kappa shape index (κ2) is 19.6. The molecule has 0 spiro atoms. The van der Waals surface area contributed by atoms with Gasteiger partial charge >= 0.3 is 6.09 Å². The zero-order valence-corrected chi connectivity index (χ0v) is 32.5. The quantitative estimate of drug-likeness (QED) is 0.108. The first-order valence-electron chi connectivity index (χ1n) is 18.0. The van der Waals surface area contributed by atoms with Crippen LogP contribution in [0.1, 0.15) is 111 Å². The molecule has 4 rings (SSSR count). The first-order valence-corrected chi connectivity index (χ1v) is 18.8. The van der Waals surface area contributed by atoms with Crippen LogP contribution in [0.25, 0.3) is 22.2 Å². The van der Waals surface area contributed by atoms with Crippen molar-refractivity contribution in [1.29, 1.82) is 0 Å². The molecule has 49 heavy (non-hydrogen) atoms. The summed E-state index contributed by atoms with van der Waals surface area (Å²) in [4.78, 5) is 32.2. The lowest BCUT2D eigenvalue weighted by Gasteiger charge is -2.34. The molecule has 0 aliphatic carbocycles. The number of benzene rings is 2. The highest BCUT2D eigenvalue weighted by molar-refractivity contribution is 9.11. The molecule has 2 aliphatic heterocycles. The van der Waals surface area contributed by atoms with Crippen molar-refractivity contribution in [3.05, 3.63) is 69.4 Å². The van der Waals surface area contributed by atoms with Crippen molar-refractivity contribution < 1.29 is 14.3 Å². The number of hydrogen-bond donors (Lipinski definition) is 3. The predicted molar refractivity (Wildman–Crippen MR) is 209 cm³/mol. The van der Waals surface area contributed by atoms with E-state index in [-0.39, 0.29) is 24.0 Å². The zero-order valence-electron chi connectivity index (χ0n) is 30.9. The molecule has 0 aromatic heterocycles. The molecule has 9 heteroatoms. The van der Waals surface area contributed by atoms with E-state index in [2.05, 4.69) is 115 Å². The predicted octanol–water partition coefficient (Wildman–Crippen LogP) is 9.52. The zero-order chi connectivity index (χ0) is 36.1. The molecule has 1 saturated heterocycles. The molecule has 2 aromatic carbocycles. The van der Waals surface area contributed by atoms with Gasteiger partial charge in [-0.1, -0.05) is 113 Å². The highest BCUT2D eigenvalue weighted by Gasteiger charge is 2.40. The monoisotopic (exact) mass is 735 g/mol. The van der Waals surface area contributed by atoms with E-state index in [9.17, 15) is 9.59 Å². The van der Waals surface area contributed by atoms with Gasteiger partial charge in [0, 0.05) is 23.9 Å². The Kier molecular flexibility index (Phi) is 15.9. The minimum Gasteiger partial charge on any atom is -0.453 e. The normalized spacial score (nSPS) is 18.7. The number of amides is 2. The topological polar surface area (TPSA) is 95.1 Å². The number of methoxy groups -OCH3 is 1. The average Bonchev–Trinajstić information content (AvgIpc) is 3.78. The molecule has 268 valence electrons. The fourth-order valence-electron chi connectivity index (χ4n) is 6.58. The number of fused-ring (bicyclic) bond motifs is 1. The number of halogens is 1. The van der Waals surface area contributed by atoms with Crippen LogP contribution in [-0.2, 0) is 9.53 Å². The van der Waals surface area contributed by atoms with E-state index in [1.54, 1.807) is 0 Å². The number of nitrogens with one attached hydrogen (secondary N) is 3. The molecule has 3 unspecified atom stereocenters. The lowest BCUT2D eigenvalue weighted by atomic mass is 9.91. The van der Waals surface area contributed by atoms with Gasteiger partial charge in [0.15, 0.2) is 0 Å². The number of carbonyl (C=O) groups is 2. The van der Waals surface area contributed by atoms with Crippen LogP contribution in [0, 0.1) is 5.92 Å². The second-order valence-corrected chi connectivity index (χ2v) is 14.5. The van der Waals surface area contributed by atoms with E-state index in [1.165, 1.54) is 43.9 Å². The Balaban J connectivity index is 0.00000209. The summed E-state index contributed by atoms with van der Waals surface area (Å²) in [6, 6.07) is 12.1. The number of nitrogens with zero attached hydrogens (tertiary/aromatic N) is 2. The minimum absolute atomic E-state index is 0.0653. The van der Waals surface area contributed by atoms with Crippen molar-refractivity contribution >= 4 is 56.8 Å². The molecule has 2 amide bonds. The van der Waals surface area contributed by atoms with Crippen LogP contribution in [0.15, 0.2) is 63.2 Å². The number of aliphatic imine (C=N–C) groups is 1. The number of allylic oxidation sites excluding steroid dienone is 3. The van der Waals surface area contributed by atoms with Crippen molar-refractivity contribution in [2.75, 3.05) is 13.7 Å². The molecule has 3 atom stereocenters. The summed E-state index contributed by atoms with van der Waals surface area (Å²) in [5, 5.41) is 12.2. The van der Waals surface area contributed by atoms with E-state index in [4.69, 9.17) is 4.74 Å². The Hall–Kier alpha value is -3.59. The lowest BCUT2D eigenvalue weighted by molar-refractivity contribution is -0.135. The summed E-state index contributed by atoms with van der Waals surface area (Å²) >= 11 is 3.73. The van der Waals surface area contributed by atoms with Crippen molar-refractivity contribution in [2.24, 2.45) is 10.9 Å². The summed E-state index contributed by atoms with van der Waals surface area (Å²) in [6.07, 6.45) is 9.95. The van der Waals surface area contributed by atoms with E-state index in [0.29, 0.717) is 6.54 Å². The van der Waals surface area contributed by atoms with Gasteiger partial charge in [0.1, 0.15) is 12.2 Å². The van der Waals surface area contributed by atoms with E-state index in [1.807, 2.05) is 24.9 Å². The van der Waals surface area contributed by atoms with Crippen molar-refractivity contribution in [3.8, 4) is 0 Å². The van der Waals surface area contributed by atoms with Crippen LogP contribution in [-0.4, -0.2) is 55.5 Å². The third kappa shape index (κ3) is 9.99. The molecule has 3 N–H and O–H groups in total. The van der Waals surface area contributed by atoms with Crippen LogP contribution in [0.3, 0.4) is 0 Å². The van der Waals surface area contributed by atoms with Gasteiger partial charge in [-0.05, 0) is 78.6 Å². The van der Waals surface area contributed by atoms with Gasteiger partial charge in [-0.3, -0.25) is 9.79 Å². The summed E-state index contributed by atoms with van der Waals surface area (Å²) in [5.41, 5.74) is 6.49. The lowest BCUT2D eigenvalue weighted by Crippen LogP contribution is -2.57. The highest BCUT2D eigenvalue weighted by atomic mass is 79.9. The number of carbonyl (C=O) groups excluding carboxylic acids is 2. The maximum atomic E-state index is 13.7. The van der Waals surface area contributed by atoms with Gasteiger partial charge in [-0.25, -0.2) is 4.79 Å².